The van der Waals surface area contributed by atoms with Crippen molar-refractivity contribution < 1.29 is 0 Å². The van der Waals surface area contributed by atoms with E-state index in [1.165, 1.54) is 22.4 Å². The van der Waals surface area contributed by atoms with Gasteiger partial charge in [-0.1, -0.05) is 72.3 Å². The van der Waals surface area contributed by atoms with Crippen LogP contribution in [0.2, 0.25) is 5.02 Å². The standard InChI is InChI=1S/C26H29ClN2S/c1-21-7-5-6-10-25(21)29-17-15-28(16-18-29)19-20-30-26(22-8-3-2-4-9-22)23-11-13-24(27)14-12-23/h2-14,26H,15-20H2,1H3. The van der Waals surface area contributed by atoms with Crippen LogP contribution in [0, 0.1) is 6.92 Å². The van der Waals surface area contributed by atoms with Crippen LogP contribution in [-0.2, 0) is 0 Å². The van der Waals surface area contributed by atoms with Gasteiger partial charge < -0.3 is 4.90 Å². The molecule has 2 nitrogen and oxygen atoms in total. The fraction of sp³-hybridized carbons (Fsp3) is 0.308. The third-order valence-corrected chi connectivity index (χ3v) is 7.34. The highest BCUT2D eigenvalue weighted by molar-refractivity contribution is 7.99. The Labute approximate surface area is 189 Å². The van der Waals surface area contributed by atoms with Gasteiger partial charge in [-0.15, -0.1) is 11.8 Å². The number of anilines is 1. The van der Waals surface area contributed by atoms with Crippen molar-refractivity contribution in [3.05, 3.63) is 101 Å². The Balaban J connectivity index is 1.33. The van der Waals surface area contributed by atoms with E-state index in [4.69, 9.17) is 11.6 Å². The Morgan fingerprint density at radius 1 is 0.800 bits per heavy atom. The third kappa shape index (κ3) is 5.40. The summed E-state index contributed by atoms with van der Waals surface area (Å²) in [6, 6.07) is 27.8. The van der Waals surface area contributed by atoms with E-state index >= 15 is 0 Å². The average molecular weight is 437 g/mol. The number of piperazine rings is 1. The van der Waals surface area contributed by atoms with E-state index < -0.39 is 0 Å². The highest BCUT2D eigenvalue weighted by Crippen LogP contribution is 2.36. The fourth-order valence-electron chi connectivity index (χ4n) is 4.08. The van der Waals surface area contributed by atoms with Gasteiger partial charge in [0.05, 0.1) is 5.25 Å². The predicted molar refractivity (Wildman–Crippen MR) is 132 cm³/mol. The molecule has 30 heavy (non-hydrogen) atoms. The largest absolute Gasteiger partial charge is 0.369 e. The summed E-state index contributed by atoms with van der Waals surface area (Å²) in [5.74, 6) is 1.12. The summed E-state index contributed by atoms with van der Waals surface area (Å²) in [6.45, 7) is 7.81. The summed E-state index contributed by atoms with van der Waals surface area (Å²) in [6.07, 6.45) is 0. The number of benzene rings is 3. The number of rotatable bonds is 7. The molecule has 0 aliphatic carbocycles. The van der Waals surface area contributed by atoms with E-state index in [-0.39, 0.29) is 0 Å². The van der Waals surface area contributed by atoms with E-state index in [2.05, 4.69) is 83.5 Å². The fourth-order valence-corrected chi connectivity index (χ4v) is 5.51. The molecule has 0 bridgehead atoms. The first-order chi connectivity index (χ1) is 14.7. The highest BCUT2D eigenvalue weighted by atomic mass is 35.5. The van der Waals surface area contributed by atoms with Crippen molar-refractivity contribution in [3.8, 4) is 0 Å². The number of hydrogen-bond acceptors (Lipinski definition) is 3. The van der Waals surface area contributed by atoms with E-state index in [9.17, 15) is 0 Å². The van der Waals surface area contributed by atoms with Gasteiger partial charge >= 0.3 is 0 Å². The van der Waals surface area contributed by atoms with E-state index in [1.807, 2.05) is 23.9 Å². The minimum atomic E-state index is 0.344. The molecule has 1 fully saturated rings. The van der Waals surface area contributed by atoms with Gasteiger partial charge in [0.25, 0.3) is 0 Å². The monoisotopic (exact) mass is 436 g/mol. The minimum Gasteiger partial charge on any atom is -0.369 e. The molecule has 1 saturated heterocycles. The van der Waals surface area contributed by atoms with Gasteiger partial charge in [0, 0.05) is 49.2 Å². The second-order valence-electron chi connectivity index (χ2n) is 7.83. The van der Waals surface area contributed by atoms with E-state index in [0.717, 1.165) is 43.5 Å². The van der Waals surface area contributed by atoms with Gasteiger partial charge in [-0.3, -0.25) is 4.90 Å². The quantitative estimate of drug-likeness (QED) is 0.429. The first kappa shape index (κ1) is 21.3. The lowest BCUT2D eigenvalue weighted by Gasteiger charge is -2.37. The van der Waals surface area contributed by atoms with Gasteiger partial charge in [-0.2, -0.15) is 0 Å². The van der Waals surface area contributed by atoms with Crippen molar-refractivity contribution in [1.82, 2.24) is 4.90 Å². The first-order valence-electron chi connectivity index (χ1n) is 10.7. The van der Waals surface area contributed by atoms with Gasteiger partial charge in [0.15, 0.2) is 0 Å². The van der Waals surface area contributed by atoms with Gasteiger partial charge in [-0.05, 0) is 41.8 Å². The molecule has 4 heteroatoms. The number of nitrogens with zero attached hydrogens (tertiary/aromatic N) is 2. The van der Waals surface area contributed by atoms with Crippen LogP contribution in [0.5, 0.6) is 0 Å². The first-order valence-corrected chi connectivity index (χ1v) is 12.1. The molecule has 0 amide bonds. The topological polar surface area (TPSA) is 6.48 Å². The summed E-state index contributed by atoms with van der Waals surface area (Å²) in [4.78, 5) is 5.13. The molecular weight excluding hydrogens is 408 g/mol. The van der Waals surface area contributed by atoms with Crippen LogP contribution < -0.4 is 4.90 Å². The minimum absolute atomic E-state index is 0.344. The van der Waals surface area contributed by atoms with Gasteiger partial charge in [-0.25, -0.2) is 0 Å². The van der Waals surface area contributed by atoms with Crippen LogP contribution in [0.15, 0.2) is 78.9 Å². The van der Waals surface area contributed by atoms with Crippen LogP contribution in [0.1, 0.15) is 21.9 Å². The Bertz CT molecular complexity index is 921. The van der Waals surface area contributed by atoms with Crippen LogP contribution in [0.3, 0.4) is 0 Å². The van der Waals surface area contributed by atoms with Crippen molar-refractivity contribution in [2.75, 3.05) is 43.4 Å². The normalized spacial score (nSPS) is 15.9. The number of aryl methyl sites for hydroxylation is 1. The molecule has 0 saturated carbocycles. The lowest BCUT2D eigenvalue weighted by molar-refractivity contribution is 0.273. The lowest BCUT2D eigenvalue weighted by Crippen LogP contribution is -2.47. The molecule has 3 aromatic carbocycles. The lowest BCUT2D eigenvalue weighted by atomic mass is 10.0. The molecule has 0 aromatic heterocycles. The Hall–Kier alpha value is -1.94. The summed E-state index contributed by atoms with van der Waals surface area (Å²) in [5, 5.41) is 1.14. The van der Waals surface area contributed by atoms with Crippen LogP contribution >= 0.6 is 23.4 Å². The van der Waals surface area contributed by atoms with Crippen LogP contribution in [0.4, 0.5) is 5.69 Å². The van der Waals surface area contributed by atoms with Gasteiger partial charge in [0.1, 0.15) is 0 Å². The predicted octanol–water partition coefficient (Wildman–Crippen LogP) is 6.29. The molecule has 4 rings (SSSR count). The smallest absolute Gasteiger partial charge is 0.0547 e. The van der Waals surface area contributed by atoms with E-state index in [0.29, 0.717) is 5.25 Å². The summed E-state index contributed by atoms with van der Waals surface area (Å²) in [5.41, 5.74) is 5.43. The Kier molecular flexibility index (Phi) is 7.37. The summed E-state index contributed by atoms with van der Waals surface area (Å²) >= 11 is 8.15. The maximum atomic E-state index is 6.12. The van der Waals surface area contributed by atoms with Crippen LogP contribution in [-0.4, -0.2) is 43.4 Å². The number of thioether (sulfide) groups is 1. The molecule has 1 heterocycles. The van der Waals surface area contributed by atoms with Crippen molar-refractivity contribution in [1.29, 1.82) is 0 Å². The van der Waals surface area contributed by atoms with Crippen molar-refractivity contribution in [3.63, 3.8) is 0 Å². The molecule has 1 aliphatic rings. The van der Waals surface area contributed by atoms with Crippen molar-refractivity contribution in [2.24, 2.45) is 0 Å². The maximum Gasteiger partial charge on any atom is 0.0547 e. The molecule has 0 radical (unpaired) electrons. The molecule has 1 aliphatic heterocycles. The maximum absolute atomic E-state index is 6.12. The zero-order chi connectivity index (χ0) is 20.8. The van der Waals surface area contributed by atoms with Crippen molar-refractivity contribution >= 4 is 29.1 Å². The number of halogens is 1. The zero-order valence-electron chi connectivity index (χ0n) is 17.5. The molecule has 1 unspecified atom stereocenters. The molecular formula is C26H29ClN2S. The molecule has 3 aromatic rings. The van der Waals surface area contributed by atoms with Crippen molar-refractivity contribution in [2.45, 2.75) is 12.2 Å². The molecule has 0 N–H and O–H groups in total. The molecule has 156 valence electrons. The number of para-hydroxylation sites is 1. The number of hydrogen-bond donors (Lipinski definition) is 0. The Morgan fingerprint density at radius 3 is 2.13 bits per heavy atom. The third-order valence-electron chi connectivity index (χ3n) is 5.80. The highest BCUT2D eigenvalue weighted by Gasteiger charge is 2.19. The average Bonchev–Trinajstić information content (AvgIpc) is 2.79. The molecule has 0 spiro atoms. The Morgan fingerprint density at radius 2 is 1.43 bits per heavy atom. The molecule has 1 atom stereocenters. The SMILES string of the molecule is Cc1ccccc1N1CCN(CCSC(c2ccccc2)c2ccc(Cl)cc2)CC1. The van der Waals surface area contributed by atoms with Crippen LogP contribution in [0.25, 0.3) is 0 Å². The summed E-state index contributed by atoms with van der Waals surface area (Å²) in [7, 11) is 0. The van der Waals surface area contributed by atoms with E-state index in [1.54, 1.807) is 0 Å². The second kappa shape index (κ2) is 10.4. The summed E-state index contributed by atoms with van der Waals surface area (Å²) < 4.78 is 0. The van der Waals surface area contributed by atoms with Gasteiger partial charge in [0.2, 0.25) is 0 Å². The zero-order valence-corrected chi connectivity index (χ0v) is 19.1. The second-order valence-corrected chi connectivity index (χ2v) is 9.48.